The van der Waals surface area contributed by atoms with Crippen molar-refractivity contribution in [3.05, 3.63) is 0 Å². The van der Waals surface area contributed by atoms with Crippen molar-refractivity contribution in [1.82, 2.24) is 20.4 Å². The summed E-state index contributed by atoms with van der Waals surface area (Å²) in [5.41, 5.74) is 0. The number of nitrogens with one attached hydrogen (secondary N) is 2. The first-order chi connectivity index (χ1) is 12.8. The summed E-state index contributed by atoms with van der Waals surface area (Å²) in [5.74, 6) is 0.942. The minimum Gasteiger partial charge on any atom is -0.378 e. The molecule has 0 aromatic carbocycles. The summed E-state index contributed by atoms with van der Waals surface area (Å²) < 4.78 is 5.98. The quantitative estimate of drug-likeness (QED) is 0.370. The molecule has 2 aliphatic rings. The lowest BCUT2D eigenvalue weighted by atomic mass is 9.98. The molecule has 0 aromatic rings. The first-order valence-electron chi connectivity index (χ1n) is 10.8. The predicted molar refractivity (Wildman–Crippen MR) is 110 cm³/mol. The molecule has 0 radical (unpaired) electrons. The van der Waals surface area contributed by atoms with Gasteiger partial charge in [-0.2, -0.15) is 0 Å². The topological polar surface area (TPSA) is 52.1 Å². The lowest BCUT2D eigenvalue weighted by Crippen LogP contribution is -2.42. The average Bonchev–Trinajstić information content (AvgIpc) is 2.86. The summed E-state index contributed by atoms with van der Waals surface area (Å²) >= 11 is 0. The molecule has 0 atom stereocenters. The van der Waals surface area contributed by atoms with Gasteiger partial charge in [-0.1, -0.05) is 19.3 Å². The molecule has 6 heteroatoms. The number of nitrogens with zero attached hydrogens (tertiary/aromatic N) is 3. The van der Waals surface area contributed by atoms with Gasteiger partial charge in [0, 0.05) is 45.9 Å². The Kier molecular flexibility index (Phi) is 11.0. The van der Waals surface area contributed by atoms with E-state index in [2.05, 4.69) is 34.4 Å². The van der Waals surface area contributed by atoms with Crippen molar-refractivity contribution in [3.8, 4) is 0 Å². The second kappa shape index (κ2) is 13.3. The normalized spacial score (nSPS) is 21.5. The Morgan fingerprint density at radius 2 is 1.88 bits per heavy atom. The maximum absolute atomic E-state index is 5.98. The van der Waals surface area contributed by atoms with Gasteiger partial charge in [0.2, 0.25) is 0 Å². The van der Waals surface area contributed by atoms with Gasteiger partial charge in [0.25, 0.3) is 0 Å². The standard InChI is InChI=1S/C20H41N5O/c1-3-21-20(22-11-7-18-26-19-9-5-4-6-10-19)23-12-15-25-14-8-13-24(2)16-17-25/h19H,3-18H2,1-2H3,(H2,21,22,23). The third-order valence-electron chi connectivity index (χ3n) is 5.35. The molecule has 26 heavy (non-hydrogen) atoms. The third-order valence-corrected chi connectivity index (χ3v) is 5.35. The van der Waals surface area contributed by atoms with Crippen molar-refractivity contribution in [2.45, 2.75) is 58.0 Å². The molecule has 0 unspecified atom stereocenters. The Bertz CT molecular complexity index is 384. The van der Waals surface area contributed by atoms with Crippen molar-refractivity contribution in [2.75, 3.05) is 66.0 Å². The smallest absolute Gasteiger partial charge is 0.191 e. The second-order valence-corrected chi connectivity index (χ2v) is 7.67. The number of hydrogen-bond acceptors (Lipinski definition) is 4. The first-order valence-corrected chi connectivity index (χ1v) is 10.8. The van der Waals surface area contributed by atoms with Gasteiger partial charge in [0.15, 0.2) is 5.96 Å². The number of guanidine groups is 1. The van der Waals surface area contributed by atoms with E-state index in [0.717, 1.165) is 45.2 Å². The molecule has 0 spiro atoms. The van der Waals surface area contributed by atoms with E-state index in [1.165, 1.54) is 64.7 Å². The van der Waals surface area contributed by atoms with Crippen molar-refractivity contribution < 1.29 is 4.74 Å². The van der Waals surface area contributed by atoms with Crippen LogP contribution in [0.25, 0.3) is 0 Å². The molecule has 6 nitrogen and oxygen atoms in total. The van der Waals surface area contributed by atoms with Gasteiger partial charge in [-0.15, -0.1) is 0 Å². The molecule has 0 bridgehead atoms. The summed E-state index contributed by atoms with van der Waals surface area (Å²) in [5, 5.41) is 6.83. The van der Waals surface area contributed by atoms with E-state index in [9.17, 15) is 0 Å². The zero-order chi connectivity index (χ0) is 18.5. The second-order valence-electron chi connectivity index (χ2n) is 7.67. The number of likely N-dealkylation sites (N-methyl/N-ethyl adjacent to an activating group) is 1. The van der Waals surface area contributed by atoms with Crippen molar-refractivity contribution in [1.29, 1.82) is 0 Å². The summed E-state index contributed by atoms with van der Waals surface area (Å²) in [7, 11) is 2.22. The third kappa shape index (κ3) is 9.19. The molecule has 2 fully saturated rings. The van der Waals surface area contributed by atoms with Gasteiger partial charge in [-0.25, -0.2) is 0 Å². The van der Waals surface area contributed by atoms with Gasteiger partial charge in [0.05, 0.1) is 6.10 Å². The van der Waals surface area contributed by atoms with Crippen LogP contribution in [0.1, 0.15) is 51.9 Å². The Balaban J connectivity index is 1.57. The van der Waals surface area contributed by atoms with Crippen LogP contribution in [-0.4, -0.2) is 87.9 Å². The molecular weight excluding hydrogens is 326 g/mol. The van der Waals surface area contributed by atoms with Crippen LogP contribution in [0.3, 0.4) is 0 Å². The number of ether oxygens (including phenoxy) is 1. The molecule has 0 amide bonds. The average molecular weight is 368 g/mol. The minimum atomic E-state index is 0.506. The number of hydrogen-bond donors (Lipinski definition) is 2. The van der Waals surface area contributed by atoms with E-state index >= 15 is 0 Å². The van der Waals surface area contributed by atoms with E-state index in [1.807, 2.05) is 0 Å². The number of aliphatic imine (C=N–C) groups is 1. The van der Waals surface area contributed by atoms with E-state index in [0.29, 0.717) is 6.10 Å². The van der Waals surface area contributed by atoms with Crippen LogP contribution in [-0.2, 0) is 4.74 Å². The fourth-order valence-corrected chi connectivity index (χ4v) is 3.73. The van der Waals surface area contributed by atoms with Gasteiger partial charge in [-0.05, 0) is 52.7 Å². The van der Waals surface area contributed by atoms with Crippen LogP contribution in [0.4, 0.5) is 0 Å². The first kappa shape index (κ1) is 21.5. The highest BCUT2D eigenvalue weighted by molar-refractivity contribution is 5.79. The molecule has 1 heterocycles. The highest BCUT2D eigenvalue weighted by Gasteiger charge is 2.13. The van der Waals surface area contributed by atoms with Crippen LogP contribution in [0.5, 0.6) is 0 Å². The van der Waals surface area contributed by atoms with Crippen LogP contribution >= 0.6 is 0 Å². The van der Waals surface area contributed by atoms with Crippen molar-refractivity contribution >= 4 is 5.96 Å². The summed E-state index contributed by atoms with van der Waals surface area (Å²) in [4.78, 5) is 9.68. The lowest BCUT2D eigenvalue weighted by Gasteiger charge is -2.22. The van der Waals surface area contributed by atoms with E-state index < -0.39 is 0 Å². The Labute approximate surface area is 160 Å². The van der Waals surface area contributed by atoms with Crippen LogP contribution in [0.15, 0.2) is 4.99 Å². The molecule has 0 aromatic heterocycles. The number of rotatable bonds is 9. The molecule has 1 aliphatic carbocycles. The molecular formula is C20H41N5O. The van der Waals surface area contributed by atoms with Gasteiger partial charge < -0.3 is 25.2 Å². The fourth-order valence-electron chi connectivity index (χ4n) is 3.73. The molecule has 1 saturated carbocycles. The Hall–Kier alpha value is -0.850. The molecule has 152 valence electrons. The SMILES string of the molecule is CCNC(=NCCCOC1CCCCC1)NCCN1CCCN(C)CC1. The molecule has 1 saturated heterocycles. The Morgan fingerprint density at radius 3 is 2.69 bits per heavy atom. The predicted octanol–water partition coefficient (Wildman–Crippen LogP) is 1.92. The highest BCUT2D eigenvalue weighted by Crippen LogP contribution is 2.20. The van der Waals surface area contributed by atoms with E-state index in [1.54, 1.807) is 0 Å². The zero-order valence-corrected chi connectivity index (χ0v) is 17.1. The van der Waals surface area contributed by atoms with Gasteiger partial charge in [-0.3, -0.25) is 4.99 Å². The largest absolute Gasteiger partial charge is 0.378 e. The lowest BCUT2D eigenvalue weighted by molar-refractivity contribution is 0.0281. The van der Waals surface area contributed by atoms with Crippen molar-refractivity contribution in [2.24, 2.45) is 4.99 Å². The van der Waals surface area contributed by atoms with Gasteiger partial charge >= 0.3 is 0 Å². The minimum absolute atomic E-state index is 0.506. The van der Waals surface area contributed by atoms with Crippen LogP contribution in [0.2, 0.25) is 0 Å². The highest BCUT2D eigenvalue weighted by atomic mass is 16.5. The summed E-state index contributed by atoms with van der Waals surface area (Å²) in [6.07, 6.45) is 9.34. The van der Waals surface area contributed by atoms with Crippen LogP contribution in [0, 0.1) is 0 Å². The Morgan fingerprint density at radius 1 is 1.04 bits per heavy atom. The molecule has 2 N–H and O–H groups in total. The zero-order valence-electron chi connectivity index (χ0n) is 17.1. The molecule has 1 aliphatic heterocycles. The summed E-state index contributed by atoms with van der Waals surface area (Å²) in [6.45, 7) is 11.5. The van der Waals surface area contributed by atoms with E-state index in [4.69, 9.17) is 9.73 Å². The maximum Gasteiger partial charge on any atom is 0.191 e. The maximum atomic E-state index is 5.98. The molecule has 2 rings (SSSR count). The summed E-state index contributed by atoms with van der Waals surface area (Å²) in [6, 6.07) is 0. The van der Waals surface area contributed by atoms with Gasteiger partial charge in [0.1, 0.15) is 0 Å². The van der Waals surface area contributed by atoms with Crippen LogP contribution < -0.4 is 10.6 Å². The van der Waals surface area contributed by atoms with Crippen molar-refractivity contribution in [3.63, 3.8) is 0 Å². The monoisotopic (exact) mass is 367 g/mol. The fraction of sp³-hybridized carbons (Fsp3) is 0.950. The van der Waals surface area contributed by atoms with E-state index in [-0.39, 0.29) is 0 Å².